The van der Waals surface area contributed by atoms with Crippen molar-refractivity contribution in [2.24, 2.45) is 0 Å². The summed E-state index contributed by atoms with van der Waals surface area (Å²) in [6.45, 7) is 2.05. The Labute approximate surface area is 273 Å². The van der Waals surface area contributed by atoms with Crippen molar-refractivity contribution < 1.29 is 52.2 Å². The number of rotatable bonds is 32. The molecule has 0 fully saturated rings. The number of hydrogen-bond acceptors (Lipinski definition) is 9. The Hall–Kier alpha value is -1.49. The molecule has 266 valence electrons. The van der Waals surface area contributed by atoms with Crippen molar-refractivity contribution >= 4 is 19.8 Å². The zero-order valence-electron chi connectivity index (χ0n) is 28.8. The molecule has 0 aliphatic rings. The van der Waals surface area contributed by atoms with Crippen molar-refractivity contribution in [1.29, 1.82) is 0 Å². The summed E-state index contributed by atoms with van der Waals surface area (Å²) in [7, 11) is 1.40. The number of hydrogen-bond donors (Lipinski definition) is 2. The molecule has 45 heavy (non-hydrogen) atoms. The normalized spacial score (nSPS) is 13.9. The predicted molar refractivity (Wildman–Crippen MR) is 176 cm³/mol. The van der Waals surface area contributed by atoms with E-state index in [9.17, 15) is 19.0 Å². The minimum atomic E-state index is -4.38. The van der Waals surface area contributed by atoms with Crippen LogP contribution < -0.4 is 0 Å². The quantitative estimate of drug-likeness (QED) is 0.0138. The summed E-state index contributed by atoms with van der Waals surface area (Å²) in [6.07, 6.45) is 22.1. The van der Waals surface area contributed by atoms with Crippen molar-refractivity contribution in [1.82, 2.24) is 0 Å². The third kappa shape index (κ3) is 32.2. The van der Waals surface area contributed by atoms with Gasteiger partial charge in [-0.2, -0.15) is 0 Å². The molecule has 2 atom stereocenters. The van der Waals surface area contributed by atoms with E-state index in [2.05, 4.69) is 11.8 Å². The molecule has 0 aliphatic carbocycles. The van der Waals surface area contributed by atoms with Gasteiger partial charge in [-0.3, -0.25) is 18.6 Å². The Morgan fingerprint density at radius 3 is 1.78 bits per heavy atom. The molecule has 0 rings (SSSR count). The van der Waals surface area contributed by atoms with Gasteiger partial charge in [0.05, 0.1) is 27.7 Å². The third-order valence-electron chi connectivity index (χ3n) is 7.31. The summed E-state index contributed by atoms with van der Waals surface area (Å²) in [4.78, 5) is 38.7. The minimum Gasteiger partial charge on any atom is -0.462 e. The maximum Gasteiger partial charge on any atom is 0.472 e. The fourth-order valence-electron chi connectivity index (χ4n) is 4.55. The lowest BCUT2D eigenvalue weighted by Gasteiger charge is -2.24. The summed E-state index contributed by atoms with van der Waals surface area (Å²) in [5.74, 6) is -0.894. The van der Waals surface area contributed by atoms with Gasteiger partial charge in [0.2, 0.25) is 0 Å². The second-order valence-electron chi connectivity index (χ2n) is 12.8. The van der Waals surface area contributed by atoms with Crippen LogP contribution in [-0.4, -0.2) is 80.2 Å². The lowest BCUT2D eigenvalue weighted by atomic mass is 10.0. The zero-order chi connectivity index (χ0) is 33.7. The molecule has 0 aromatic rings. The van der Waals surface area contributed by atoms with E-state index < -0.39 is 32.5 Å². The van der Waals surface area contributed by atoms with Crippen LogP contribution in [0, 0.1) is 0 Å². The number of phosphoric ester groups is 1. The first-order valence-corrected chi connectivity index (χ1v) is 18.7. The van der Waals surface area contributed by atoms with Crippen molar-refractivity contribution in [3.8, 4) is 0 Å². The molecule has 0 aromatic heterocycles. The highest BCUT2D eigenvalue weighted by molar-refractivity contribution is 7.47. The number of likely N-dealkylation sites (N-methyl/N-ethyl adjacent to an activating group) is 1. The lowest BCUT2D eigenvalue weighted by Crippen LogP contribution is -2.37. The molecular weight excluding hydrogens is 601 g/mol. The average Bonchev–Trinajstić information content (AvgIpc) is 2.97. The average molecular weight is 667 g/mol. The molecule has 11 nitrogen and oxygen atoms in total. The molecule has 0 radical (unpaired) electrons. The summed E-state index contributed by atoms with van der Waals surface area (Å²) in [5, 5.41) is 8.26. The fourth-order valence-corrected chi connectivity index (χ4v) is 5.29. The van der Waals surface area contributed by atoms with E-state index in [4.69, 9.17) is 23.8 Å². The molecule has 0 spiro atoms. The molecule has 0 saturated carbocycles. The van der Waals surface area contributed by atoms with Gasteiger partial charge in [0.25, 0.3) is 0 Å². The van der Waals surface area contributed by atoms with Gasteiger partial charge in [-0.15, -0.1) is 0 Å². The Bertz CT molecular complexity index is 803. The highest BCUT2D eigenvalue weighted by atomic mass is 31.2. The van der Waals surface area contributed by atoms with Crippen LogP contribution >= 0.6 is 7.82 Å². The van der Waals surface area contributed by atoms with Crippen molar-refractivity contribution in [3.63, 3.8) is 0 Å². The molecular formula is C33H65NO10P+. The van der Waals surface area contributed by atoms with Crippen LogP contribution in [0.3, 0.4) is 0 Å². The Kier molecular flexibility index (Phi) is 27.8. The first kappa shape index (κ1) is 43.5. The monoisotopic (exact) mass is 666 g/mol. The Morgan fingerprint density at radius 1 is 0.733 bits per heavy atom. The molecule has 0 heterocycles. The van der Waals surface area contributed by atoms with Gasteiger partial charge in [0.1, 0.15) is 26.0 Å². The zero-order valence-corrected chi connectivity index (χ0v) is 29.7. The van der Waals surface area contributed by atoms with Gasteiger partial charge >= 0.3 is 19.8 Å². The van der Waals surface area contributed by atoms with Gasteiger partial charge < -0.3 is 23.7 Å². The van der Waals surface area contributed by atoms with Crippen molar-refractivity contribution in [2.75, 3.05) is 47.5 Å². The van der Waals surface area contributed by atoms with Crippen LogP contribution in [0.15, 0.2) is 12.3 Å². The number of phosphoric acid groups is 1. The van der Waals surface area contributed by atoms with Gasteiger partial charge in [-0.25, -0.2) is 9.82 Å². The number of ether oxygens (including phenoxy) is 2. The highest BCUT2D eigenvalue weighted by Crippen LogP contribution is 2.43. The minimum absolute atomic E-state index is 0.0126. The summed E-state index contributed by atoms with van der Waals surface area (Å²) in [6, 6.07) is 0. The van der Waals surface area contributed by atoms with E-state index in [0.717, 1.165) is 44.9 Å². The van der Waals surface area contributed by atoms with Crippen molar-refractivity contribution in [3.05, 3.63) is 12.3 Å². The first-order valence-electron chi connectivity index (χ1n) is 17.2. The Balaban J connectivity index is 4.42. The van der Waals surface area contributed by atoms with Crippen LogP contribution in [0.5, 0.6) is 0 Å². The summed E-state index contributed by atoms with van der Waals surface area (Å²) < 4.78 is 33.8. The van der Waals surface area contributed by atoms with E-state index in [-0.39, 0.29) is 26.1 Å². The van der Waals surface area contributed by atoms with E-state index in [1.54, 1.807) is 6.08 Å². The second kappa shape index (κ2) is 28.7. The van der Waals surface area contributed by atoms with Gasteiger partial charge in [0.15, 0.2) is 6.10 Å². The molecule has 0 aromatic carbocycles. The topological polar surface area (TPSA) is 138 Å². The number of esters is 2. The standard InChI is InChI=1S/C33H64NO10P/c1-5-6-7-8-9-10-11-12-13-14-15-18-21-24-32(35)40-29-31(30-43-45(38,39)42-28-26-34(2,3)4)44-33(36)25-22-19-16-17-20-23-27-41-37/h23,27,31H,5-22,24-26,28-30H2,1-4H3,(H-,37,38,39)/p+1/b27-23-. The fraction of sp³-hybridized carbons (Fsp3) is 0.879. The molecule has 12 heteroatoms. The number of carbonyl (C=O) groups is 2. The number of allylic oxidation sites excluding steroid dienone is 1. The molecule has 0 bridgehead atoms. The van der Waals surface area contributed by atoms with E-state index in [1.165, 1.54) is 70.5 Å². The molecule has 0 amide bonds. The molecule has 2 unspecified atom stereocenters. The van der Waals surface area contributed by atoms with E-state index in [1.807, 2.05) is 21.1 Å². The van der Waals surface area contributed by atoms with Crippen LogP contribution in [-0.2, 0) is 37.6 Å². The number of carbonyl (C=O) groups excluding carboxylic acids is 2. The maximum absolute atomic E-state index is 12.4. The van der Waals surface area contributed by atoms with Gasteiger partial charge in [-0.05, 0) is 31.8 Å². The third-order valence-corrected chi connectivity index (χ3v) is 8.30. The summed E-state index contributed by atoms with van der Waals surface area (Å²) in [5.41, 5.74) is 0. The van der Waals surface area contributed by atoms with Gasteiger partial charge in [0, 0.05) is 12.8 Å². The van der Waals surface area contributed by atoms with Crippen LogP contribution in [0.4, 0.5) is 0 Å². The second-order valence-corrected chi connectivity index (χ2v) is 14.3. The first-order chi connectivity index (χ1) is 21.5. The lowest BCUT2D eigenvalue weighted by molar-refractivity contribution is -0.870. The van der Waals surface area contributed by atoms with Crippen molar-refractivity contribution in [2.45, 2.75) is 141 Å². The number of unbranched alkanes of at least 4 members (excludes halogenated alkanes) is 16. The molecule has 2 N–H and O–H groups in total. The SMILES string of the molecule is CCCCCCCCCCCCCCCC(=O)OCC(COP(=O)(O)OCC[N+](C)(C)C)OC(=O)CCCCCC/C=C\OO. The highest BCUT2D eigenvalue weighted by Gasteiger charge is 2.27. The largest absolute Gasteiger partial charge is 0.472 e. The van der Waals surface area contributed by atoms with Crippen LogP contribution in [0.1, 0.15) is 135 Å². The van der Waals surface area contributed by atoms with Crippen LogP contribution in [0.25, 0.3) is 0 Å². The maximum atomic E-state index is 12.4. The number of quaternary nitrogens is 1. The molecule has 0 aliphatic heterocycles. The van der Waals surface area contributed by atoms with E-state index in [0.29, 0.717) is 17.4 Å². The van der Waals surface area contributed by atoms with Crippen LogP contribution in [0.2, 0.25) is 0 Å². The molecule has 0 saturated heterocycles. The van der Waals surface area contributed by atoms with Gasteiger partial charge in [-0.1, -0.05) is 96.8 Å². The van der Waals surface area contributed by atoms with E-state index >= 15 is 0 Å². The smallest absolute Gasteiger partial charge is 0.462 e. The predicted octanol–water partition coefficient (Wildman–Crippen LogP) is 8.11. The summed E-state index contributed by atoms with van der Waals surface area (Å²) >= 11 is 0. The Morgan fingerprint density at radius 2 is 1.24 bits per heavy atom. The number of nitrogens with zero attached hydrogens (tertiary/aromatic N) is 1.